The molecule has 0 bridgehead atoms. The molecule has 0 aliphatic carbocycles. The third-order valence-electron chi connectivity index (χ3n) is 3.83. The fraction of sp³-hybridized carbons (Fsp3) is 0.625. The summed E-state index contributed by atoms with van der Waals surface area (Å²) in [6.45, 7) is 7.48. The fourth-order valence-electron chi connectivity index (χ4n) is 2.76. The third-order valence-corrected chi connectivity index (χ3v) is 5.08. The van der Waals surface area contributed by atoms with Crippen molar-refractivity contribution in [2.24, 2.45) is 11.1 Å². The van der Waals surface area contributed by atoms with Crippen molar-refractivity contribution in [2.75, 3.05) is 6.54 Å². The van der Waals surface area contributed by atoms with Gasteiger partial charge in [0, 0.05) is 11.4 Å². The van der Waals surface area contributed by atoms with Gasteiger partial charge in [-0.05, 0) is 31.2 Å². The summed E-state index contributed by atoms with van der Waals surface area (Å²) < 4.78 is 0. The van der Waals surface area contributed by atoms with Crippen molar-refractivity contribution >= 4 is 34.5 Å². The third kappa shape index (κ3) is 4.27. The van der Waals surface area contributed by atoms with Crippen LogP contribution in [0.2, 0.25) is 0 Å². The van der Waals surface area contributed by atoms with Crippen LogP contribution in [0.1, 0.15) is 51.3 Å². The molecule has 0 unspecified atom stereocenters. The van der Waals surface area contributed by atoms with Crippen molar-refractivity contribution < 1.29 is 4.79 Å². The summed E-state index contributed by atoms with van der Waals surface area (Å²) in [5, 5.41) is 2.03. The Bertz CT molecular complexity index is 451. The van der Waals surface area contributed by atoms with E-state index in [1.54, 1.807) is 11.3 Å². The molecule has 0 aromatic carbocycles. The number of amides is 1. The second kappa shape index (κ2) is 8.49. The van der Waals surface area contributed by atoms with E-state index in [1.165, 1.54) is 4.88 Å². The Morgan fingerprint density at radius 1 is 1.33 bits per heavy atom. The first-order chi connectivity index (χ1) is 10.0. The molecule has 0 saturated heterocycles. The van der Waals surface area contributed by atoms with Crippen molar-refractivity contribution in [3.8, 4) is 0 Å². The van der Waals surface area contributed by atoms with Crippen LogP contribution in [0.15, 0.2) is 17.5 Å². The minimum absolute atomic E-state index is 0.0922. The van der Waals surface area contributed by atoms with Gasteiger partial charge in [-0.2, -0.15) is 0 Å². The van der Waals surface area contributed by atoms with E-state index in [-0.39, 0.29) is 5.91 Å². The molecule has 5 heteroatoms. The number of thiocarbonyl (C=S) groups is 1. The lowest BCUT2D eigenvalue weighted by atomic mass is 9.77. The van der Waals surface area contributed by atoms with E-state index < -0.39 is 5.41 Å². The normalized spacial score (nSPS) is 11.4. The Kier molecular flexibility index (Phi) is 7.32. The van der Waals surface area contributed by atoms with Gasteiger partial charge in [-0.25, -0.2) is 0 Å². The van der Waals surface area contributed by atoms with Gasteiger partial charge in [0.05, 0.1) is 16.9 Å². The standard InChI is InChI=1S/C16H26N2OS2/c1-4-9-16(10-5-2,14(17)20)15(19)18(6-3)12-13-8-7-11-21-13/h7-8,11H,4-6,9-10,12H2,1-3H3,(H2,17,20). The molecule has 21 heavy (non-hydrogen) atoms. The number of hydrogen-bond acceptors (Lipinski definition) is 3. The Morgan fingerprint density at radius 3 is 2.33 bits per heavy atom. The minimum atomic E-state index is -0.675. The van der Waals surface area contributed by atoms with Gasteiger partial charge >= 0.3 is 0 Å². The zero-order valence-electron chi connectivity index (χ0n) is 13.2. The Morgan fingerprint density at radius 2 is 1.95 bits per heavy atom. The smallest absolute Gasteiger partial charge is 0.235 e. The molecule has 0 saturated carbocycles. The second-order valence-corrected chi connectivity index (χ2v) is 6.82. The first kappa shape index (κ1) is 18.1. The lowest BCUT2D eigenvalue weighted by Gasteiger charge is -2.36. The predicted molar refractivity (Wildman–Crippen MR) is 94.4 cm³/mol. The summed E-state index contributed by atoms with van der Waals surface area (Å²) >= 11 is 6.96. The topological polar surface area (TPSA) is 46.3 Å². The van der Waals surface area contributed by atoms with Crippen molar-refractivity contribution in [1.29, 1.82) is 0 Å². The van der Waals surface area contributed by atoms with Gasteiger partial charge < -0.3 is 10.6 Å². The molecule has 0 spiro atoms. The highest BCUT2D eigenvalue weighted by Crippen LogP contribution is 2.33. The molecule has 1 amide bonds. The molecule has 118 valence electrons. The summed E-state index contributed by atoms with van der Waals surface area (Å²) in [4.78, 5) is 16.5. The molecule has 0 fully saturated rings. The van der Waals surface area contributed by atoms with Crippen molar-refractivity contribution in [3.63, 3.8) is 0 Å². The van der Waals surface area contributed by atoms with Crippen LogP contribution in [0.3, 0.4) is 0 Å². The zero-order valence-corrected chi connectivity index (χ0v) is 14.9. The minimum Gasteiger partial charge on any atom is -0.392 e. The molecule has 2 N–H and O–H groups in total. The summed E-state index contributed by atoms with van der Waals surface area (Å²) in [6, 6.07) is 4.07. The highest BCUT2D eigenvalue weighted by molar-refractivity contribution is 7.80. The highest BCUT2D eigenvalue weighted by atomic mass is 32.1. The van der Waals surface area contributed by atoms with E-state index in [0.717, 1.165) is 25.7 Å². The van der Waals surface area contributed by atoms with Gasteiger partial charge in [0.15, 0.2) is 0 Å². The largest absolute Gasteiger partial charge is 0.392 e. The maximum absolute atomic E-state index is 13.1. The lowest BCUT2D eigenvalue weighted by molar-refractivity contribution is -0.139. The molecule has 0 atom stereocenters. The van der Waals surface area contributed by atoms with Gasteiger partial charge in [-0.1, -0.05) is 45.0 Å². The highest BCUT2D eigenvalue weighted by Gasteiger charge is 2.42. The van der Waals surface area contributed by atoms with Crippen LogP contribution in [0.5, 0.6) is 0 Å². The molecule has 1 rings (SSSR count). The quantitative estimate of drug-likeness (QED) is 0.698. The van der Waals surface area contributed by atoms with Gasteiger partial charge in [-0.3, -0.25) is 4.79 Å². The van der Waals surface area contributed by atoms with E-state index in [0.29, 0.717) is 18.1 Å². The molecule has 1 heterocycles. The monoisotopic (exact) mass is 326 g/mol. The average molecular weight is 327 g/mol. The molecule has 1 aromatic rings. The zero-order chi connectivity index (χ0) is 15.9. The Hall–Kier alpha value is -0.940. The average Bonchev–Trinajstić information content (AvgIpc) is 2.96. The van der Waals surface area contributed by atoms with Crippen molar-refractivity contribution in [3.05, 3.63) is 22.4 Å². The SMILES string of the molecule is CCCC(CCC)(C(=O)N(CC)Cc1cccs1)C(N)=S. The fourth-order valence-corrected chi connectivity index (χ4v) is 3.78. The van der Waals surface area contributed by atoms with Crippen LogP contribution in [0.25, 0.3) is 0 Å². The van der Waals surface area contributed by atoms with Crippen LogP contribution in [-0.4, -0.2) is 22.3 Å². The van der Waals surface area contributed by atoms with E-state index in [2.05, 4.69) is 19.9 Å². The summed E-state index contributed by atoms with van der Waals surface area (Å²) in [7, 11) is 0. The number of thiophene rings is 1. The summed E-state index contributed by atoms with van der Waals surface area (Å²) in [5.74, 6) is 0.0922. The predicted octanol–water partition coefficient (Wildman–Crippen LogP) is 3.97. The van der Waals surface area contributed by atoms with Crippen LogP contribution in [0, 0.1) is 5.41 Å². The summed E-state index contributed by atoms with van der Waals surface area (Å²) in [5.41, 5.74) is 5.32. The van der Waals surface area contributed by atoms with Gasteiger partial charge in [0.25, 0.3) is 0 Å². The number of carbonyl (C=O) groups is 1. The van der Waals surface area contributed by atoms with Crippen molar-refractivity contribution in [2.45, 2.75) is 53.0 Å². The van der Waals surface area contributed by atoms with Gasteiger partial charge in [0.2, 0.25) is 5.91 Å². The first-order valence-electron chi connectivity index (χ1n) is 7.63. The van der Waals surface area contributed by atoms with Gasteiger partial charge in [0.1, 0.15) is 0 Å². The van der Waals surface area contributed by atoms with Crippen LogP contribution < -0.4 is 5.73 Å². The first-order valence-corrected chi connectivity index (χ1v) is 8.92. The second-order valence-electron chi connectivity index (χ2n) is 5.35. The number of nitrogens with two attached hydrogens (primary N) is 1. The molecule has 0 aliphatic heterocycles. The number of nitrogens with zero attached hydrogens (tertiary/aromatic N) is 1. The Balaban J connectivity index is 3.03. The molecule has 3 nitrogen and oxygen atoms in total. The number of rotatable bonds is 9. The van der Waals surface area contributed by atoms with Gasteiger partial charge in [-0.15, -0.1) is 11.3 Å². The van der Waals surface area contributed by atoms with Crippen LogP contribution in [-0.2, 0) is 11.3 Å². The molecular weight excluding hydrogens is 300 g/mol. The van der Waals surface area contributed by atoms with E-state index in [1.807, 2.05) is 23.3 Å². The van der Waals surface area contributed by atoms with E-state index in [9.17, 15) is 4.79 Å². The molecule has 0 radical (unpaired) electrons. The number of carbonyl (C=O) groups excluding carboxylic acids is 1. The maximum Gasteiger partial charge on any atom is 0.235 e. The van der Waals surface area contributed by atoms with E-state index >= 15 is 0 Å². The Labute approximate surface area is 137 Å². The van der Waals surface area contributed by atoms with Crippen LogP contribution in [0.4, 0.5) is 0 Å². The van der Waals surface area contributed by atoms with E-state index in [4.69, 9.17) is 18.0 Å². The summed E-state index contributed by atoms with van der Waals surface area (Å²) in [6.07, 6.45) is 3.27. The molecule has 0 aliphatic rings. The number of hydrogen-bond donors (Lipinski definition) is 1. The van der Waals surface area contributed by atoms with Crippen LogP contribution >= 0.6 is 23.6 Å². The van der Waals surface area contributed by atoms with Crippen molar-refractivity contribution in [1.82, 2.24) is 4.90 Å². The maximum atomic E-state index is 13.1. The molecular formula is C16H26N2OS2. The lowest BCUT2D eigenvalue weighted by Crippen LogP contribution is -2.50. The molecule has 1 aromatic heterocycles.